The van der Waals surface area contributed by atoms with Crippen LogP contribution in [0.15, 0.2) is 35.3 Å². The van der Waals surface area contributed by atoms with Gasteiger partial charge in [-0.2, -0.15) is 13.2 Å². The van der Waals surface area contributed by atoms with Crippen molar-refractivity contribution in [2.75, 3.05) is 26.7 Å². The van der Waals surface area contributed by atoms with Crippen LogP contribution in [0, 0.1) is 0 Å². The Labute approximate surface area is 141 Å². The molecule has 24 heavy (non-hydrogen) atoms. The molecule has 0 amide bonds. The van der Waals surface area contributed by atoms with Crippen LogP contribution in [0.5, 0.6) is 0 Å². The average molecular weight is 342 g/mol. The fourth-order valence-electron chi connectivity index (χ4n) is 2.87. The second-order valence-corrected chi connectivity index (χ2v) is 6.07. The van der Waals surface area contributed by atoms with Gasteiger partial charge in [0.1, 0.15) is 0 Å². The summed E-state index contributed by atoms with van der Waals surface area (Å²) in [5, 5.41) is 5.98. The standard InChI is InChI=1S/C17H25F3N4/c1-21-16(22-10-9-17(18,19)20)23-15-8-5-11-24(13-15)12-14-6-3-2-4-7-14/h2-4,6-7,15H,5,8-13H2,1H3,(H2,21,22,23). The number of benzene rings is 1. The highest BCUT2D eigenvalue weighted by Gasteiger charge is 2.26. The fourth-order valence-corrected chi connectivity index (χ4v) is 2.87. The summed E-state index contributed by atoms with van der Waals surface area (Å²) in [7, 11) is 1.58. The molecule has 0 saturated carbocycles. The summed E-state index contributed by atoms with van der Waals surface area (Å²) in [6.07, 6.45) is -2.96. The Bertz CT molecular complexity index is 516. The number of piperidine rings is 1. The van der Waals surface area contributed by atoms with E-state index >= 15 is 0 Å². The molecule has 0 aromatic heterocycles. The quantitative estimate of drug-likeness (QED) is 0.638. The molecule has 1 unspecified atom stereocenters. The lowest BCUT2D eigenvalue weighted by molar-refractivity contribution is -0.132. The Hall–Kier alpha value is -1.76. The predicted octanol–water partition coefficient (Wildman–Crippen LogP) is 2.77. The highest BCUT2D eigenvalue weighted by molar-refractivity contribution is 5.79. The molecule has 1 aliphatic heterocycles. The molecule has 1 aromatic rings. The van der Waals surface area contributed by atoms with E-state index in [1.807, 2.05) is 18.2 Å². The van der Waals surface area contributed by atoms with Gasteiger partial charge in [0.25, 0.3) is 0 Å². The molecule has 4 nitrogen and oxygen atoms in total. The summed E-state index contributed by atoms with van der Waals surface area (Å²) in [5.41, 5.74) is 1.27. The Balaban J connectivity index is 1.78. The van der Waals surface area contributed by atoms with E-state index in [1.165, 1.54) is 5.56 Å². The van der Waals surface area contributed by atoms with Gasteiger partial charge in [0, 0.05) is 32.7 Å². The molecule has 7 heteroatoms. The smallest absolute Gasteiger partial charge is 0.356 e. The molecule has 1 fully saturated rings. The Morgan fingerprint density at radius 1 is 1.29 bits per heavy atom. The normalized spacial score (nSPS) is 20.0. The molecule has 2 N–H and O–H groups in total. The van der Waals surface area contributed by atoms with E-state index in [-0.39, 0.29) is 12.6 Å². The zero-order valence-corrected chi connectivity index (χ0v) is 13.9. The Morgan fingerprint density at radius 3 is 2.71 bits per heavy atom. The van der Waals surface area contributed by atoms with Gasteiger partial charge in [0.05, 0.1) is 6.42 Å². The van der Waals surface area contributed by atoms with Crippen molar-refractivity contribution in [2.45, 2.75) is 38.0 Å². The SMILES string of the molecule is CN=C(NCCC(F)(F)F)NC1CCCN(Cc2ccccc2)C1. The topological polar surface area (TPSA) is 39.7 Å². The van der Waals surface area contributed by atoms with Crippen LogP contribution in [0.3, 0.4) is 0 Å². The van der Waals surface area contributed by atoms with Gasteiger partial charge >= 0.3 is 6.18 Å². The number of alkyl halides is 3. The molecule has 1 aliphatic rings. The predicted molar refractivity (Wildman–Crippen MR) is 89.9 cm³/mol. The molecule has 0 bridgehead atoms. The lowest BCUT2D eigenvalue weighted by Gasteiger charge is -2.34. The summed E-state index contributed by atoms with van der Waals surface area (Å²) < 4.78 is 36.7. The van der Waals surface area contributed by atoms with Crippen LogP contribution in [0.4, 0.5) is 13.2 Å². The second-order valence-electron chi connectivity index (χ2n) is 6.07. The van der Waals surface area contributed by atoms with Gasteiger partial charge < -0.3 is 10.6 Å². The molecule has 0 aliphatic carbocycles. The molecule has 1 saturated heterocycles. The number of halogens is 3. The van der Waals surface area contributed by atoms with Gasteiger partial charge in [-0.25, -0.2) is 0 Å². The summed E-state index contributed by atoms with van der Waals surface area (Å²) in [5.74, 6) is 0.436. The van der Waals surface area contributed by atoms with Crippen molar-refractivity contribution in [1.82, 2.24) is 15.5 Å². The summed E-state index contributed by atoms with van der Waals surface area (Å²) in [6.45, 7) is 2.62. The van der Waals surface area contributed by atoms with Gasteiger partial charge in [-0.05, 0) is 24.9 Å². The number of nitrogens with zero attached hydrogens (tertiary/aromatic N) is 2. The van der Waals surface area contributed by atoms with Gasteiger partial charge in [0.2, 0.25) is 0 Å². The molecular formula is C17H25F3N4. The Morgan fingerprint density at radius 2 is 2.04 bits per heavy atom. The van der Waals surface area contributed by atoms with E-state index in [0.29, 0.717) is 5.96 Å². The van der Waals surface area contributed by atoms with Gasteiger partial charge in [-0.15, -0.1) is 0 Å². The summed E-state index contributed by atoms with van der Waals surface area (Å²) in [6, 6.07) is 10.5. The van der Waals surface area contributed by atoms with Crippen molar-refractivity contribution in [3.8, 4) is 0 Å². The van der Waals surface area contributed by atoms with Crippen molar-refractivity contribution in [1.29, 1.82) is 0 Å². The van der Waals surface area contributed by atoms with Gasteiger partial charge in [-0.3, -0.25) is 9.89 Å². The zero-order valence-electron chi connectivity index (χ0n) is 13.9. The molecule has 1 aromatic carbocycles. The van der Waals surface area contributed by atoms with Crippen LogP contribution >= 0.6 is 0 Å². The molecule has 2 rings (SSSR count). The maximum absolute atomic E-state index is 12.2. The summed E-state index contributed by atoms with van der Waals surface area (Å²) >= 11 is 0. The van der Waals surface area contributed by atoms with Crippen LogP contribution in [-0.2, 0) is 6.54 Å². The van der Waals surface area contributed by atoms with Crippen molar-refractivity contribution >= 4 is 5.96 Å². The molecule has 0 spiro atoms. The number of guanidine groups is 1. The lowest BCUT2D eigenvalue weighted by atomic mass is 10.0. The van der Waals surface area contributed by atoms with Crippen LogP contribution in [0.25, 0.3) is 0 Å². The second kappa shape index (κ2) is 8.92. The minimum absolute atomic E-state index is 0.163. The fraction of sp³-hybridized carbons (Fsp3) is 0.588. The van der Waals surface area contributed by atoms with E-state index in [2.05, 4.69) is 32.7 Å². The highest BCUT2D eigenvalue weighted by Crippen LogP contribution is 2.18. The molecule has 134 valence electrons. The van der Waals surface area contributed by atoms with Crippen LogP contribution in [-0.4, -0.2) is 49.8 Å². The van der Waals surface area contributed by atoms with Crippen LogP contribution in [0.2, 0.25) is 0 Å². The first-order chi connectivity index (χ1) is 11.5. The monoisotopic (exact) mass is 342 g/mol. The average Bonchev–Trinajstić information content (AvgIpc) is 2.54. The van der Waals surface area contributed by atoms with Crippen LogP contribution < -0.4 is 10.6 Å². The largest absolute Gasteiger partial charge is 0.390 e. The first-order valence-corrected chi connectivity index (χ1v) is 8.26. The van der Waals surface area contributed by atoms with E-state index in [0.717, 1.165) is 32.5 Å². The zero-order chi connectivity index (χ0) is 17.4. The molecule has 1 atom stereocenters. The number of hydrogen-bond donors (Lipinski definition) is 2. The van der Waals surface area contributed by atoms with Gasteiger partial charge in [-0.1, -0.05) is 30.3 Å². The number of hydrogen-bond acceptors (Lipinski definition) is 2. The molecular weight excluding hydrogens is 317 g/mol. The van der Waals surface area contributed by atoms with E-state index in [9.17, 15) is 13.2 Å². The minimum Gasteiger partial charge on any atom is -0.356 e. The third kappa shape index (κ3) is 6.78. The van der Waals surface area contributed by atoms with E-state index < -0.39 is 12.6 Å². The van der Waals surface area contributed by atoms with Crippen molar-refractivity contribution < 1.29 is 13.2 Å². The van der Waals surface area contributed by atoms with E-state index in [4.69, 9.17) is 0 Å². The third-order valence-corrected chi connectivity index (χ3v) is 4.02. The maximum atomic E-state index is 12.2. The maximum Gasteiger partial charge on any atom is 0.390 e. The first-order valence-electron chi connectivity index (χ1n) is 8.26. The van der Waals surface area contributed by atoms with Crippen molar-refractivity contribution in [3.05, 3.63) is 35.9 Å². The first kappa shape index (κ1) is 18.6. The number of nitrogens with one attached hydrogen (secondary N) is 2. The highest BCUT2D eigenvalue weighted by atomic mass is 19.4. The lowest BCUT2D eigenvalue weighted by Crippen LogP contribution is -2.51. The molecule has 0 radical (unpaired) electrons. The number of likely N-dealkylation sites (tertiary alicyclic amines) is 1. The van der Waals surface area contributed by atoms with Crippen molar-refractivity contribution in [3.63, 3.8) is 0 Å². The Kier molecular flexibility index (Phi) is 6.90. The molecule has 1 heterocycles. The van der Waals surface area contributed by atoms with Crippen LogP contribution in [0.1, 0.15) is 24.8 Å². The summed E-state index contributed by atoms with van der Waals surface area (Å²) in [4.78, 5) is 6.38. The number of aliphatic imine (C=N–C) groups is 1. The van der Waals surface area contributed by atoms with Crippen molar-refractivity contribution in [2.24, 2.45) is 4.99 Å². The van der Waals surface area contributed by atoms with E-state index in [1.54, 1.807) is 7.05 Å². The third-order valence-electron chi connectivity index (χ3n) is 4.02. The van der Waals surface area contributed by atoms with Gasteiger partial charge in [0.15, 0.2) is 5.96 Å². The number of rotatable bonds is 5. The minimum atomic E-state index is -4.15.